The number of amides is 2. The number of ether oxygens (including phenoxy) is 1. The number of aryl methyl sites for hydroxylation is 1. The van der Waals surface area contributed by atoms with Gasteiger partial charge < -0.3 is 15.0 Å². The zero-order valence-corrected chi connectivity index (χ0v) is 21.4. The Morgan fingerprint density at radius 3 is 2.42 bits per heavy atom. The molecule has 3 aromatic rings. The molecule has 0 radical (unpaired) electrons. The molecule has 5 nitrogen and oxygen atoms in total. The highest BCUT2D eigenvalue weighted by Crippen LogP contribution is 2.21. The van der Waals surface area contributed by atoms with Crippen molar-refractivity contribution in [2.24, 2.45) is 0 Å². The number of hydrogen-bond donors (Lipinski definition) is 1. The predicted octanol–water partition coefficient (Wildman–Crippen LogP) is 5.73. The summed E-state index contributed by atoms with van der Waals surface area (Å²) in [5.74, 6) is 0.148. The van der Waals surface area contributed by atoms with E-state index in [1.807, 2.05) is 61.5 Å². The summed E-state index contributed by atoms with van der Waals surface area (Å²) in [7, 11) is 0. The summed E-state index contributed by atoms with van der Waals surface area (Å²) >= 11 is 6.08. The summed E-state index contributed by atoms with van der Waals surface area (Å²) in [5.41, 5.74) is 3.07. The van der Waals surface area contributed by atoms with Crippen LogP contribution < -0.4 is 10.1 Å². The smallest absolute Gasteiger partial charge is 0.261 e. The van der Waals surface area contributed by atoms with Gasteiger partial charge in [-0.2, -0.15) is 0 Å². The van der Waals surface area contributed by atoms with Crippen molar-refractivity contribution >= 4 is 23.4 Å². The molecule has 1 aliphatic carbocycles. The van der Waals surface area contributed by atoms with Gasteiger partial charge in [0, 0.05) is 24.0 Å². The van der Waals surface area contributed by atoms with E-state index in [2.05, 4.69) is 5.32 Å². The van der Waals surface area contributed by atoms with Gasteiger partial charge in [-0.25, -0.2) is 0 Å². The monoisotopic (exact) mass is 504 g/mol. The number of hydrogen-bond acceptors (Lipinski definition) is 3. The van der Waals surface area contributed by atoms with Crippen LogP contribution in [-0.2, 0) is 22.6 Å². The highest BCUT2D eigenvalue weighted by Gasteiger charge is 2.32. The van der Waals surface area contributed by atoms with E-state index in [-0.39, 0.29) is 24.5 Å². The number of carbonyl (C=O) groups excluding carboxylic acids is 2. The fourth-order valence-corrected chi connectivity index (χ4v) is 4.89. The van der Waals surface area contributed by atoms with Crippen molar-refractivity contribution in [3.63, 3.8) is 0 Å². The quantitative estimate of drug-likeness (QED) is 0.384. The average Bonchev–Trinajstić information content (AvgIpc) is 3.38. The third-order valence-electron chi connectivity index (χ3n) is 6.57. The Morgan fingerprint density at radius 1 is 0.972 bits per heavy atom. The number of halogens is 1. The Balaban J connectivity index is 1.61. The fourth-order valence-electron chi connectivity index (χ4n) is 4.71. The Bertz CT molecular complexity index is 1160. The lowest BCUT2D eigenvalue weighted by Crippen LogP contribution is -2.53. The molecule has 0 bridgehead atoms. The molecule has 0 saturated heterocycles. The van der Waals surface area contributed by atoms with E-state index in [0.29, 0.717) is 23.7 Å². The summed E-state index contributed by atoms with van der Waals surface area (Å²) in [4.78, 5) is 29.0. The van der Waals surface area contributed by atoms with Gasteiger partial charge in [0.25, 0.3) is 5.91 Å². The lowest BCUT2D eigenvalue weighted by atomic mass is 10.0. The maximum atomic E-state index is 13.7. The first-order valence-electron chi connectivity index (χ1n) is 12.6. The third kappa shape index (κ3) is 7.34. The molecule has 4 rings (SSSR count). The number of benzene rings is 3. The van der Waals surface area contributed by atoms with E-state index in [1.54, 1.807) is 29.2 Å². The van der Waals surface area contributed by atoms with Crippen molar-refractivity contribution in [1.29, 1.82) is 0 Å². The zero-order chi connectivity index (χ0) is 25.3. The number of rotatable bonds is 10. The van der Waals surface area contributed by atoms with Crippen LogP contribution in [0.25, 0.3) is 0 Å². The maximum absolute atomic E-state index is 13.7. The van der Waals surface area contributed by atoms with Crippen LogP contribution in [0.2, 0.25) is 5.02 Å². The van der Waals surface area contributed by atoms with Gasteiger partial charge in [-0.3, -0.25) is 9.59 Å². The summed E-state index contributed by atoms with van der Waals surface area (Å²) in [6.45, 7) is 2.15. The van der Waals surface area contributed by atoms with Crippen LogP contribution in [0.4, 0.5) is 0 Å². The second kappa shape index (κ2) is 12.6. The molecule has 0 aliphatic heterocycles. The lowest BCUT2D eigenvalue weighted by molar-refractivity contribution is -0.143. The Hall–Kier alpha value is -3.31. The SMILES string of the molecule is Cc1cccc(CN(C(=O)COc2cccc(Cl)c2)[C@H](Cc2ccccc2)C(=O)NC2CCCC2)c1. The van der Waals surface area contributed by atoms with Crippen LogP contribution >= 0.6 is 11.6 Å². The van der Waals surface area contributed by atoms with Crippen LogP contribution in [0.1, 0.15) is 42.4 Å². The molecule has 36 heavy (non-hydrogen) atoms. The van der Waals surface area contributed by atoms with Gasteiger partial charge in [0.05, 0.1) is 0 Å². The van der Waals surface area contributed by atoms with Crippen molar-refractivity contribution in [1.82, 2.24) is 10.2 Å². The predicted molar refractivity (Wildman–Crippen MR) is 143 cm³/mol. The Labute approximate surface area is 218 Å². The maximum Gasteiger partial charge on any atom is 0.261 e. The van der Waals surface area contributed by atoms with Gasteiger partial charge in [0.15, 0.2) is 6.61 Å². The highest BCUT2D eigenvalue weighted by atomic mass is 35.5. The van der Waals surface area contributed by atoms with Crippen LogP contribution in [-0.4, -0.2) is 35.4 Å². The van der Waals surface area contributed by atoms with Gasteiger partial charge in [-0.1, -0.05) is 90.7 Å². The van der Waals surface area contributed by atoms with Crippen molar-refractivity contribution in [2.75, 3.05) is 6.61 Å². The van der Waals surface area contributed by atoms with Crippen molar-refractivity contribution in [2.45, 2.75) is 57.7 Å². The molecule has 1 fully saturated rings. The molecule has 6 heteroatoms. The molecule has 1 saturated carbocycles. The van der Waals surface area contributed by atoms with Crippen molar-refractivity contribution in [3.05, 3.63) is 101 Å². The second-order valence-corrected chi connectivity index (χ2v) is 9.89. The number of carbonyl (C=O) groups is 2. The zero-order valence-electron chi connectivity index (χ0n) is 20.7. The van der Waals surface area contributed by atoms with Gasteiger partial charge in [0.1, 0.15) is 11.8 Å². The summed E-state index contributed by atoms with van der Waals surface area (Å²) < 4.78 is 5.80. The standard InChI is InChI=1S/C30H33ClN2O3/c1-22-9-7-12-24(17-22)20-33(29(34)21-36-27-16-8-13-25(31)19-27)28(18-23-10-3-2-4-11-23)30(35)32-26-14-5-6-15-26/h2-4,7-13,16-17,19,26,28H,5-6,14-15,18,20-21H2,1H3,(H,32,35)/t28-/m1/s1. The highest BCUT2D eigenvalue weighted by molar-refractivity contribution is 6.30. The first kappa shape index (κ1) is 25.8. The molecule has 2 amide bonds. The second-order valence-electron chi connectivity index (χ2n) is 9.45. The first-order valence-corrected chi connectivity index (χ1v) is 12.9. The van der Waals surface area contributed by atoms with E-state index in [9.17, 15) is 9.59 Å². The van der Waals surface area contributed by atoms with Gasteiger partial charge >= 0.3 is 0 Å². The van der Waals surface area contributed by atoms with Gasteiger partial charge in [0.2, 0.25) is 5.91 Å². The minimum absolute atomic E-state index is 0.116. The average molecular weight is 505 g/mol. The van der Waals surface area contributed by atoms with Crippen LogP contribution in [0.3, 0.4) is 0 Å². The number of nitrogens with zero attached hydrogens (tertiary/aromatic N) is 1. The Kier molecular flexibility index (Phi) is 9.01. The van der Waals surface area contributed by atoms with Crippen LogP contribution in [0.15, 0.2) is 78.9 Å². The number of nitrogens with one attached hydrogen (secondary N) is 1. The molecule has 3 aromatic carbocycles. The molecule has 1 atom stereocenters. The summed E-state index contributed by atoms with van der Waals surface area (Å²) in [5, 5.41) is 3.76. The molecule has 0 heterocycles. The fraction of sp³-hybridized carbons (Fsp3) is 0.333. The van der Waals surface area contributed by atoms with Crippen molar-refractivity contribution in [3.8, 4) is 5.75 Å². The van der Waals surface area contributed by atoms with E-state index in [0.717, 1.165) is 42.4 Å². The van der Waals surface area contributed by atoms with Crippen LogP contribution in [0, 0.1) is 6.92 Å². The van der Waals surface area contributed by atoms with E-state index < -0.39 is 6.04 Å². The van der Waals surface area contributed by atoms with Crippen molar-refractivity contribution < 1.29 is 14.3 Å². The molecule has 0 spiro atoms. The summed E-state index contributed by atoms with van der Waals surface area (Å²) in [6, 6.07) is 24.3. The van der Waals surface area contributed by atoms with E-state index in [4.69, 9.17) is 16.3 Å². The summed E-state index contributed by atoms with van der Waals surface area (Å²) in [6.07, 6.45) is 4.62. The van der Waals surface area contributed by atoms with Gasteiger partial charge in [-0.15, -0.1) is 0 Å². The van der Waals surface area contributed by atoms with Crippen LogP contribution in [0.5, 0.6) is 5.75 Å². The molecule has 0 aromatic heterocycles. The molecule has 188 valence electrons. The Morgan fingerprint density at radius 2 is 1.69 bits per heavy atom. The minimum atomic E-state index is -0.663. The largest absolute Gasteiger partial charge is 0.484 e. The molecular formula is C30H33ClN2O3. The molecule has 1 N–H and O–H groups in total. The van der Waals surface area contributed by atoms with Gasteiger partial charge in [-0.05, 0) is 49.1 Å². The molecular weight excluding hydrogens is 472 g/mol. The molecule has 0 unspecified atom stereocenters. The minimum Gasteiger partial charge on any atom is -0.484 e. The first-order chi connectivity index (χ1) is 17.5. The normalized spacial score (nSPS) is 14.3. The molecule has 1 aliphatic rings. The third-order valence-corrected chi connectivity index (χ3v) is 6.80. The topological polar surface area (TPSA) is 58.6 Å². The lowest BCUT2D eigenvalue weighted by Gasteiger charge is -2.32. The van der Waals surface area contributed by atoms with E-state index in [1.165, 1.54) is 0 Å². The van der Waals surface area contributed by atoms with E-state index >= 15 is 0 Å².